The Morgan fingerprint density at radius 3 is 2.62 bits per heavy atom. The summed E-state index contributed by atoms with van der Waals surface area (Å²) in [6.07, 6.45) is 0.982. The van der Waals surface area contributed by atoms with Crippen molar-refractivity contribution in [2.45, 2.75) is 39.4 Å². The molecule has 29 heavy (non-hydrogen) atoms. The minimum absolute atomic E-state index is 0.0289. The highest BCUT2D eigenvalue weighted by Crippen LogP contribution is 2.22. The highest BCUT2D eigenvalue weighted by Gasteiger charge is 2.25. The second-order valence-corrected chi connectivity index (χ2v) is 7.41. The van der Waals surface area contributed by atoms with E-state index in [0.717, 1.165) is 30.9 Å². The van der Waals surface area contributed by atoms with Crippen LogP contribution in [0, 0.1) is 13.8 Å². The van der Waals surface area contributed by atoms with E-state index in [2.05, 4.69) is 46.6 Å². The number of benzene rings is 1. The quantitative estimate of drug-likeness (QED) is 0.747. The summed E-state index contributed by atoms with van der Waals surface area (Å²) in [6, 6.07) is 10.9. The number of aromatic nitrogens is 2. The molecular formula is C21H31N5O3. The summed E-state index contributed by atoms with van der Waals surface area (Å²) in [5.41, 5.74) is 4.91. The molecule has 1 aromatic heterocycles. The first-order valence-electron chi connectivity index (χ1n) is 9.70. The van der Waals surface area contributed by atoms with Gasteiger partial charge in [-0.2, -0.15) is 5.10 Å². The van der Waals surface area contributed by atoms with Crippen LogP contribution >= 0.6 is 0 Å². The second kappa shape index (κ2) is 10.6. The maximum Gasteiger partial charge on any atom is 0.317 e. The molecule has 2 heterocycles. The number of aryl methyl sites for hydroxylation is 2. The lowest BCUT2D eigenvalue weighted by Crippen LogP contribution is -2.48. The summed E-state index contributed by atoms with van der Waals surface area (Å²) in [5, 5.41) is 14.3. The van der Waals surface area contributed by atoms with Crippen LogP contribution in [0.2, 0.25) is 0 Å². The van der Waals surface area contributed by atoms with E-state index in [1.807, 2.05) is 31.6 Å². The molecule has 1 aromatic carbocycles. The summed E-state index contributed by atoms with van der Waals surface area (Å²) in [5.74, 6) is 0. The predicted octanol–water partition coefficient (Wildman–Crippen LogP) is 1.90. The van der Waals surface area contributed by atoms with Gasteiger partial charge in [-0.05, 0) is 44.5 Å². The number of amides is 2. The summed E-state index contributed by atoms with van der Waals surface area (Å²) < 4.78 is 1.93. The Bertz CT molecular complexity index is 820. The van der Waals surface area contributed by atoms with Crippen LogP contribution in [0.3, 0.4) is 0 Å². The maximum atomic E-state index is 12.4. The molecule has 1 aliphatic rings. The third-order valence-corrected chi connectivity index (χ3v) is 5.15. The van der Waals surface area contributed by atoms with Gasteiger partial charge in [0.05, 0.1) is 12.2 Å². The largest absolute Gasteiger partial charge is 0.483 e. The van der Waals surface area contributed by atoms with Crippen molar-refractivity contribution in [1.29, 1.82) is 0 Å². The smallest absolute Gasteiger partial charge is 0.317 e. The summed E-state index contributed by atoms with van der Waals surface area (Å²) >= 11 is 0. The number of nitrogens with one attached hydrogen (secondary N) is 1. The monoisotopic (exact) mass is 401 g/mol. The fourth-order valence-electron chi connectivity index (χ4n) is 3.63. The third kappa shape index (κ3) is 6.32. The first-order chi connectivity index (χ1) is 13.8. The van der Waals surface area contributed by atoms with Crippen molar-refractivity contribution in [2.24, 2.45) is 0 Å². The Morgan fingerprint density at radius 2 is 2.00 bits per heavy atom. The van der Waals surface area contributed by atoms with Crippen LogP contribution in [-0.4, -0.2) is 70.4 Å². The standard InChI is InChI=1S/C20H29N5O.CH2O2/c1-15-11-16(2)25(22-15)10-9-21-20(26)24(4)14-19-12-17-7-5-6-8-18(17)13-23(19)3;2-1-3/h5-8,11,19H,9-10,12-14H2,1-4H3,(H,21,26);1H,(H,2,3). The number of hydrogen-bond donors (Lipinski definition) is 2. The van der Waals surface area contributed by atoms with E-state index >= 15 is 0 Å². The van der Waals surface area contributed by atoms with Gasteiger partial charge in [-0.3, -0.25) is 14.4 Å². The van der Waals surface area contributed by atoms with Crippen molar-refractivity contribution in [3.8, 4) is 0 Å². The van der Waals surface area contributed by atoms with Gasteiger partial charge in [0.1, 0.15) is 0 Å². The van der Waals surface area contributed by atoms with Gasteiger partial charge in [0, 0.05) is 38.4 Å². The first-order valence-corrected chi connectivity index (χ1v) is 9.70. The number of carbonyl (C=O) groups excluding carboxylic acids is 1. The van der Waals surface area contributed by atoms with Crippen molar-refractivity contribution >= 4 is 12.5 Å². The van der Waals surface area contributed by atoms with Crippen LogP contribution in [0.25, 0.3) is 0 Å². The van der Waals surface area contributed by atoms with E-state index < -0.39 is 0 Å². The molecule has 8 nitrogen and oxygen atoms in total. The zero-order chi connectivity index (χ0) is 21.4. The number of likely N-dealkylation sites (N-methyl/N-ethyl adjacent to an activating group) is 2. The molecule has 2 N–H and O–H groups in total. The molecule has 0 radical (unpaired) electrons. The average Bonchev–Trinajstić information content (AvgIpc) is 3.00. The predicted molar refractivity (Wildman–Crippen MR) is 112 cm³/mol. The lowest BCUT2D eigenvalue weighted by atomic mass is 9.94. The van der Waals surface area contributed by atoms with E-state index in [0.29, 0.717) is 19.1 Å². The molecule has 0 saturated carbocycles. The first kappa shape index (κ1) is 22.4. The Balaban J connectivity index is 0.000000941. The number of hydrogen-bond acceptors (Lipinski definition) is 4. The highest BCUT2D eigenvalue weighted by atomic mass is 16.3. The molecule has 0 bridgehead atoms. The van der Waals surface area contributed by atoms with Gasteiger partial charge in [-0.25, -0.2) is 4.79 Å². The molecule has 158 valence electrons. The fourth-order valence-corrected chi connectivity index (χ4v) is 3.63. The van der Waals surface area contributed by atoms with Gasteiger partial charge in [0.15, 0.2) is 0 Å². The lowest BCUT2D eigenvalue weighted by Gasteiger charge is -2.36. The zero-order valence-electron chi connectivity index (χ0n) is 17.6. The van der Waals surface area contributed by atoms with Gasteiger partial charge in [-0.1, -0.05) is 24.3 Å². The Morgan fingerprint density at radius 1 is 1.34 bits per heavy atom. The SMILES string of the molecule is Cc1cc(C)n(CCNC(=O)N(C)CC2Cc3ccccc3CN2C)n1.O=CO. The number of urea groups is 1. The van der Waals surface area contributed by atoms with Gasteiger partial charge in [-0.15, -0.1) is 0 Å². The van der Waals surface area contributed by atoms with E-state index in [9.17, 15) is 4.79 Å². The number of rotatable bonds is 5. The minimum Gasteiger partial charge on any atom is -0.483 e. The molecule has 0 fully saturated rings. The maximum absolute atomic E-state index is 12.4. The highest BCUT2D eigenvalue weighted by molar-refractivity contribution is 5.73. The van der Waals surface area contributed by atoms with E-state index in [4.69, 9.17) is 9.90 Å². The molecule has 2 amide bonds. The Kier molecular flexibility index (Phi) is 8.21. The van der Waals surface area contributed by atoms with Crippen LogP contribution < -0.4 is 5.32 Å². The normalized spacial score (nSPS) is 15.7. The van der Waals surface area contributed by atoms with Crippen LogP contribution in [0.4, 0.5) is 4.79 Å². The fraction of sp³-hybridized carbons (Fsp3) is 0.476. The Hall–Kier alpha value is -2.87. The average molecular weight is 402 g/mol. The third-order valence-electron chi connectivity index (χ3n) is 5.15. The number of fused-ring (bicyclic) bond motifs is 1. The van der Waals surface area contributed by atoms with Crippen molar-refractivity contribution in [3.05, 3.63) is 52.8 Å². The molecule has 1 atom stereocenters. The minimum atomic E-state index is -0.250. The van der Waals surface area contributed by atoms with Crippen molar-refractivity contribution in [3.63, 3.8) is 0 Å². The van der Waals surface area contributed by atoms with E-state index in [1.54, 1.807) is 4.90 Å². The second-order valence-electron chi connectivity index (χ2n) is 7.41. The van der Waals surface area contributed by atoms with Crippen molar-refractivity contribution in [2.75, 3.05) is 27.2 Å². The molecule has 0 aliphatic carbocycles. The van der Waals surface area contributed by atoms with Crippen LogP contribution in [0.1, 0.15) is 22.5 Å². The van der Waals surface area contributed by atoms with Crippen LogP contribution in [0.15, 0.2) is 30.3 Å². The van der Waals surface area contributed by atoms with Gasteiger partial charge in [0.25, 0.3) is 6.47 Å². The van der Waals surface area contributed by atoms with Crippen LogP contribution in [-0.2, 0) is 24.3 Å². The van der Waals surface area contributed by atoms with Gasteiger partial charge in [0.2, 0.25) is 0 Å². The van der Waals surface area contributed by atoms with Gasteiger partial charge < -0.3 is 15.3 Å². The van der Waals surface area contributed by atoms with Crippen molar-refractivity contribution in [1.82, 2.24) is 24.9 Å². The molecule has 8 heteroatoms. The lowest BCUT2D eigenvalue weighted by molar-refractivity contribution is -0.122. The van der Waals surface area contributed by atoms with E-state index in [1.165, 1.54) is 11.1 Å². The molecule has 2 aromatic rings. The molecule has 3 rings (SSSR count). The number of carbonyl (C=O) groups is 2. The summed E-state index contributed by atoms with van der Waals surface area (Å²) in [4.78, 5) is 24.9. The zero-order valence-corrected chi connectivity index (χ0v) is 17.6. The van der Waals surface area contributed by atoms with Crippen molar-refractivity contribution < 1.29 is 14.7 Å². The molecule has 1 unspecified atom stereocenters. The Labute approximate surface area is 172 Å². The topological polar surface area (TPSA) is 90.7 Å². The van der Waals surface area contributed by atoms with Crippen LogP contribution in [0.5, 0.6) is 0 Å². The number of carboxylic acid groups (broad SMARTS) is 1. The molecule has 0 saturated heterocycles. The van der Waals surface area contributed by atoms with E-state index in [-0.39, 0.29) is 12.5 Å². The van der Waals surface area contributed by atoms with Gasteiger partial charge >= 0.3 is 6.03 Å². The summed E-state index contributed by atoms with van der Waals surface area (Å²) in [6.45, 7) is 6.69. The number of nitrogens with zero attached hydrogens (tertiary/aromatic N) is 4. The molecule has 0 spiro atoms. The molecule has 1 aliphatic heterocycles. The molecular weight excluding hydrogens is 370 g/mol. The summed E-state index contributed by atoms with van der Waals surface area (Å²) in [7, 11) is 4.00.